The third-order valence-corrected chi connectivity index (χ3v) is 4.92. The summed E-state index contributed by atoms with van der Waals surface area (Å²) in [6, 6.07) is 11.4. The molecular weight excluding hydrogens is 340 g/mol. The van der Waals surface area contributed by atoms with Crippen LogP contribution in [0.3, 0.4) is 0 Å². The van der Waals surface area contributed by atoms with Crippen LogP contribution in [0.15, 0.2) is 36.4 Å². The van der Waals surface area contributed by atoms with Gasteiger partial charge in [-0.3, -0.25) is 0 Å². The number of hydrogen-bond donors (Lipinski definition) is 1. The molecule has 2 aromatic rings. The molecule has 1 N–H and O–H groups in total. The number of aromatic nitrogens is 2. The van der Waals surface area contributed by atoms with Crippen LogP contribution >= 0.6 is 0 Å². The summed E-state index contributed by atoms with van der Waals surface area (Å²) in [4.78, 5) is 2.06. The van der Waals surface area contributed by atoms with E-state index in [-0.39, 0.29) is 6.04 Å². The second kappa shape index (κ2) is 7.37. The van der Waals surface area contributed by atoms with Crippen LogP contribution in [0.2, 0.25) is 0 Å². The van der Waals surface area contributed by atoms with E-state index in [9.17, 15) is 8.42 Å². The molecule has 1 aliphatic heterocycles. The Bertz CT molecular complexity index is 824. The van der Waals surface area contributed by atoms with Crippen molar-refractivity contribution in [3.63, 3.8) is 0 Å². The molecule has 3 rings (SSSR count). The second-order valence-electron chi connectivity index (χ2n) is 6.15. The average molecular weight is 362 g/mol. The number of para-hydroxylation sites is 1. The van der Waals surface area contributed by atoms with Crippen LogP contribution < -0.4 is 14.4 Å². The van der Waals surface area contributed by atoms with Gasteiger partial charge >= 0.3 is 0 Å². The molecule has 7 nitrogen and oxygen atoms in total. The Labute approximate surface area is 148 Å². The predicted molar refractivity (Wildman–Crippen MR) is 97.2 cm³/mol. The fraction of sp³-hybridized carbons (Fsp3) is 0.412. The lowest BCUT2D eigenvalue weighted by molar-refractivity contribution is 0.416. The number of sulfonamides is 1. The Balaban J connectivity index is 1.76. The zero-order chi connectivity index (χ0) is 17.9. The van der Waals surface area contributed by atoms with Crippen molar-refractivity contribution in [2.45, 2.75) is 18.9 Å². The van der Waals surface area contributed by atoms with Crippen molar-refractivity contribution in [2.24, 2.45) is 0 Å². The molecule has 0 amide bonds. The minimum Gasteiger partial charge on any atom is -0.496 e. The van der Waals surface area contributed by atoms with E-state index in [4.69, 9.17) is 4.74 Å². The number of methoxy groups -OCH3 is 1. The third-order valence-electron chi connectivity index (χ3n) is 4.16. The molecule has 0 saturated carbocycles. The van der Waals surface area contributed by atoms with E-state index >= 15 is 0 Å². The highest BCUT2D eigenvalue weighted by molar-refractivity contribution is 7.88. The summed E-state index contributed by atoms with van der Waals surface area (Å²) in [5.74, 6) is 1.50. The standard InChI is InChI=1S/C17H22N4O3S/c1-24-16-8-4-3-7-14(16)15-9-10-17(19-18-15)21-11-5-6-13(12-21)20-25(2,22)23/h3-4,7-10,13,20H,5-6,11-12H2,1-2H3. The van der Waals surface area contributed by atoms with Gasteiger partial charge in [-0.25, -0.2) is 13.1 Å². The van der Waals surface area contributed by atoms with Gasteiger partial charge in [0, 0.05) is 24.7 Å². The monoisotopic (exact) mass is 362 g/mol. The molecule has 1 aromatic carbocycles. The molecule has 1 unspecified atom stereocenters. The van der Waals surface area contributed by atoms with Crippen LogP contribution in [0, 0.1) is 0 Å². The first-order chi connectivity index (χ1) is 12.0. The maximum atomic E-state index is 11.4. The third kappa shape index (κ3) is 4.46. The molecule has 0 spiro atoms. The van der Waals surface area contributed by atoms with Crippen LogP contribution in [0.1, 0.15) is 12.8 Å². The van der Waals surface area contributed by atoms with Crippen molar-refractivity contribution in [2.75, 3.05) is 31.4 Å². The van der Waals surface area contributed by atoms with Gasteiger partial charge in [-0.05, 0) is 37.1 Å². The lowest BCUT2D eigenvalue weighted by Gasteiger charge is -2.33. The van der Waals surface area contributed by atoms with Crippen molar-refractivity contribution in [1.29, 1.82) is 0 Å². The summed E-state index contributed by atoms with van der Waals surface area (Å²) in [6.45, 7) is 1.43. The topological polar surface area (TPSA) is 84.4 Å². The summed E-state index contributed by atoms with van der Waals surface area (Å²) < 4.78 is 30.9. The van der Waals surface area contributed by atoms with E-state index in [1.165, 1.54) is 6.26 Å². The number of piperidine rings is 1. The van der Waals surface area contributed by atoms with Crippen LogP contribution in [0.25, 0.3) is 11.3 Å². The van der Waals surface area contributed by atoms with Crippen molar-refractivity contribution in [1.82, 2.24) is 14.9 Å². The largest absolute Gasteiger partial charge is 0.496 e. The van der Waals surface area contributed by atoms with E-state index in [1.54, 1.807) is 7.11 Å². The molecule has 1 aliphatic rings. The normalized spacial score (nSPS) is 18.2. The Morgan fingerprint density at radius 1 is 1.20 bits per heavy atom. The molecule has 25 heavy (non-hydrogen) atoms. The number of anilines is 1. The molecule has 1 saturated heterocycles. The van der Waals surface area contributed by atoms with Crippen LogP contribution in [0.4, 0.5) is 5.82 Å². The van der Waals surface area contributed by atoms with E-state index < -0.39 is 10.0 Å². The Kier molecular flexibility index (Phi) is 5.19. The van der Waals surface area contributed by atoms with Crippen molar-refractivity contribution < 1.29 is 13.2 Å². The molecule has 8 heteroatoms. The first-order valence-corrected chi connectivity index (χ1v) is 10.0. The van der Waals surface area contributed by atoms with Gasteiger partial charge in [-0.15, -0.1) is 10.2 Å². The van der Waals surface area contributed by atoms with Gasteiger partial charge in [0.05, 0.1) is 19.1 Å². The van der Waals surface area contributed by atoms with Crippen molar-refractivity contribution in [3.8, 4) is 17.0 Å². The summed E-state index contributed by atoms with van der Waals surface area (Å²) in [7, 11) is -1.58. The maximum Gasteiger partial charge on any atom is 0.209 e. The molecular formula is C17H22N4O3S. The minimum absolute atomic E-state index is 0.0977. The van der Waals surface area contributed by atoms with E-state index in [0.717, 1.165) is 42.2 Å². The fourth-order valence-corrected chi connectivity index (χ4v) is 3.88. The minimum atomic E-state index is -3.21. The summed E-state index contributed by atoms with van der Waals surface area (Å²) >= 11 is 0. The van der Waals surface area contributed by atoms with Gasteiger partial charge in [-0.1, -0.05) is 12.1 Å². The fourth-order valence-electron chi connectivity index (χ4n) is 3.08. The van der Waals surface area contributed by atoms with Gasteiger partial charge in [0.1, 0.15) is 5.75 Å². The zero-order valence-electron chi connectivity index (χ0n) is 14.3. The van der Waals surface area contributed by atoms with Crippen LogP contribution in [-0.4, -0.2) is 51.1 Å². The van der Waals surface area contributed by atoms with Crippen molar-refractivity contribution in [3.05, 3.63) is 36.4 Å². The molecule has 1 fully saturated rings. The van der Waals surface area contributed by atoms with E-state index in [1.807, 2.05) is 36.4 Å². The second-order valence-corrected chi connectivity index (χ2v) is 7.93. The summed E-state index contributed by atoms with van der Waals surface area (Å²) in [5.41, 5.74) is 1.63. The lowest BCUT2D eigenvalue weighted by Crippen LogP contribution is -2.47. The Hall–Kier alpha value is -2.19. The predicted octanol–water partition coefficient (Wildman–Crippen LogP) is 1.67. The molecule has 2 heterocycles. The SMILES string of the molecule is COc1ccccc1-c1ccc(N2CCCC(NS(C)(=O)=O)C2)nn1. The zero-order valence-corrected chi connectivity index (χ0v) is 15.2. The molecule has 0 radical (unpaired) electrons. The van der Waals surface area contributed by atoms with Gasteiger partial charge in [0.25, 0.3) is 0 Å². The highest BCUT2D eigenvalue weighted by atomic mass is 32.2. The molecule has 0 bridgehead atoms. The van der Waals surface area contributed by atoms with Crippen molar-refractivity contribution >= 4 is 15.8 Å². The molecule has 1 aromatic heterocycles. The Morgan fingerprint density at radius 3 is 2.68 bits per heavy atom. The summed E-state index contributed by atoms with van der Waals surface area (Å²) in [5, 5.41) is 8.65. The maximum absolute atomic E-state index is 11.4. The van der Waals surface area contributed by atoms with Gasteiger partial charge in [-0.2, -0.15) is 0 Å². The highest BCUT2D eigenvalue weighted by Gasteiger charge is 2.23. The molecule has 134 valence electrons. The quantitative estimate of drug-likeness (QED) is 0.871. The molecule has 1 atom stereocenters. The average Bonchev–Trinajstić information content (AvgIpc) is 2.60. The Morgan fingerprint density at radius 2 is 2.00 bits per heavy atom. The number of nitrogens with zero attached hydrogens (tertiary/aromatic N) is 3. The highest BCUT2D eigenvalue weighted by Crippen LogP contribution is 2.28. The van der Waals surface area contributed by atoms with Gasteiger partial charge in [0.15, 0.2) is 5.82 Å². The number of benzene rings is 1. The number of ether oxygens (including phenoxy) is 1. The van der Waals surface area contributed by atoms with Crippen LogP contribution in [0.5, 0.6) is 5.75 Å². The summed E-state index contributed by atoms with van der Waals surface area (Å²) in [6.07, 6.45) is 2.92. The lowest BCUT2D eigenvalue weighted by atomic mass is 10.1. The number of hydrogen-bond acceptors (Lipinski definition) is 6. The number of rotatable bonds is 5. The number of nitrogens with one attached hydrogen (secondary N) is 1. The van der Waals surface area contributed by atoms with Gasteiger partial charge in [0.2, 0.25) is 10.0 Å². The smallest absolute Gasteiger partial charge is 0.209 e. The first-order valence-electron chi connectivity index (χ1n) is 8.15. The van der Waals surface area contributed by atoms with Gasteiger partial charge < -0.3 is 9.64 Å². The molecule has 0 aliphatic carbocycles. The van der Waals surface area contributed by atoms with Crippen LogP contribution in [-0.2, 0) is 10.0 Å². The van der Waals surface area contributed by atoms with E-state index in [0.29, 0.717) is 6.54 Å². The van der Waals surface area contributed by atoms with E-state index in [2.05, 4.69) is 19.8 Å². The first kappa shape index (κ1) is 17.6.